The van der Waals surface area contributed by atoms with Crippen LogP contribution < -0.4 is 5.32 Å². The van der Waals surface area contributed by atoms with Crippen molar-refractivity contribution in [2.45, 2.75) is 32.8 Å². The number of nitrogens with one attached hydrogen (secondary N) is 1. The van der Waals surface area contributed by atoms with Gasteiger partial charge >= 0.3 is 0 Å². The van der Waals surface area contributed by atoms with E-state index >= 15 is 0 Å². The molecule has 104 valence electrons. The highest BCUT2D eigenvalue weighted by atomic mass is 16.5. The molecular weight excluding hydrogens is 240 g/mol. The van der Waals surface area contributed by atoms with E-state index in [0.29, 0.717) is 25.3 Å². The molecule has 1 rings (SSSR count). The Morgan fingerprint density at radius 1 is 1.47 bits per heavy atom. The molecule has 1 aromatic carbocycles. The van der Waals surface area contributed by atoms with Crippen LogP contribution in [-0.2, 0) is 4.74 Å². The number of aryl methyl sites for hydroxylation is 1. The molecule has 1 unspecified atom stereocenters. The molecule has 0 radical (unpaired) electrons. The standard InChI is InChI=1S/C15H22N2O2/c1-3-4-7-19-11-14(18)10-17-15-8-13(9-16)6-5-12(15)2/h5-6,8,14,17-18H,3-4,7,10-11H2,1-2H3. The number of ether oxygens (including phenoxy) is 1. The van der Waals surface area contributed by atoms with Crippen molar-refractivity contribution in [3.8, 4) is 6.07 Å². The summed E-state index contributed by atoms with van der Waals surface area (Å²) < 4.78 is 5.36. The average molecular weight is 262 g/mol. The largest absolute Gasteiger partial charge is 0.389 e. The summed E-state index contributed by atoms with van der Waals surface area (Å²) in [5, 5.41) is 21.8. The maximum Gasteiger partial charge on any atom is 0.0992 e. The van der Waals surface area contributed by atoms with Crippen molar-refractivity contribution in [3.63, 3.8) is 0 Å². The Bertz CT molecular complexity index is 427. The fraction of sp³-hybridized carbons (Fsp3) is 0.533. The van der Waals surface area contributed by atoms with E-state index in [2.05, 4.69) is 18.3 Å². The Morgan fingerprint density at radius 2 is 2.26 bits per heavy atom. The number of hydrogen-bond acceptors (Lipinski definition) is 4. The van der Waals surface area contributed by atoms with Crippen LogP contribution in [0.2, 0.25) is 0 Å². The molecule has 0 saturated heterocycles. The summed E-state index contributed by atoms with van der Waals surface area (Å²) in [5.74, 6) is 0. The lowest BCUT2D eigenvalue weighted by molar-refractivity contribution is 0.0421. The molecule has 0 aliphatic rings. The van der Waals surface area contributed by atoms with E-state index in [9.17, 15) is 5.11 Å². The van der Waals surface area contributed by atoms with Crippen LogP contribution in [0, 0.1) is 18.3 Å². The van der Waals surface area contributed by atoms with Crippen molar-refractivity contribution in [1.29, 1.82) is 5.26 Å². The third-order valence-electron chi connectivity index (χ3n) is 2.85. The van der Waals surface area contributed by atoms with Crippen LogP contribution in [0.1, 0.15) is 30.9 Å². The first-order valence-corrected chi connectivity index (χ1v) is 6.67. The fourth-order valence-electron chi connectivity index (χ4n) is 1.63. The summed E-state index contributed by atoms with van der Waals surface area (Å²) in [5.41, 5.74) is 2.55. The van der Waals surface area contributed by atoms with Gasteiger partial charge < -0.3 is 15.2 Å². The number of hydrogen-bond donors (Lipinski definition) is 2. The molecule has 0 aliphatic carbocycles. The van der Waals surface area contributed by atoms with Gasteiger partial charge in [-0.15, -0.1) is 0 Å². The Balaban J connectivity index is 2.37. The lowest BCUT2D eigenvalue weighted by Crippen LogP contribution is -2.25. The summed E-state index contributed by atoms with van der Waals surface area (Å²) in [4.78, 5) is 0. The molecule has 0 aromatic heterocycles. The highest BCUT2D eigenvalue weighted by Crippen LogP contribution is 2.16. The first-order valence-electron chi connectivity index (χ1n) is 6.67. The van der Waals surface area contributed by atoms with Gasteiger partial charge in [0.05, 0.1) is 24.3 Å². The topological polar surface area (TPSA) is 65.3 Å². The number of nitrogens with zero attached hydrogens (tertiary/aromatic N) is 1. The molecule has 1 aromatic rings. The van der Waals surface area contributed by atoms with Gasteiger partial charge in [-0.2, -0.15) is 5.26 Å². The maximum atomic E-state index is 9.77. The lowest BCUT2D eigenvalue weighted by atomic mass is 10.1. The van der Waals surface area contributed by atoms with Gasteiger partial charge in [0, 0.05) is 18.8 Å². The molecule has 19 heavy (non-hydrogen) atoms. The second-order valence-electron chi connectivity index (χ2n) is 4.60. The van der Waals surface area contributed by atoms with Crippen molar-refractivity contribution < 1.29 is 9.84 Å². The van der Waals surface area contributed by atoms with E-state index in [1.807, 2.05) is 13.0 Å². The zero-order valence-electron chi connectivity index (χ0n) is 11.6. The van der Waals surface area contributed by atoms with Gasteiger partial charge in [-0.3, -0.25) is 0 Å². The Kier molecular flexibility index (Phi) is 6.94. The van der Waals surface area contributed by atoms with Crippen LogP contribution in [0.15, 0.2) is 18.2 Å². The van der Waals surface area contributed by atoms with Gasteiger partial charge in [-0.05, 0) is 31.0 Å². The lowest BCUT2D eigenvalue weighted by Gasteiger charge is -2.14. The normalized spacial score (nSPS) is 11.9. The summed E-state index contributed by atoms with van der Waals surface area (Å²) in [6.45, 7) is 5.52. The molecule has 4 nitrogen and oxygen atoms in total. The van der Waals surface area contributed by atoms with E-state index in [-0.39, 0.29) is 0 Å². The van der Waals surface area contributed by atoms with Crippen LogP contribution in [0.25, 0.3) is 0 Å². The second kappa shape index (κ2) is 8.52. The fourth-order valence-corrected chi connectivity index (χ4v) is 1.63. The van der Waals surface area contributed by atoms with Crippen molar-refractivity contribution in [2.75, 3.05) is 25.1 Å². The van der Waals surface area contributed by atoms with Gasteiger partial charge in [0.1, 0.15) is 0 Å². The molecular formula is C15H22N2O2. The molecule has 1 atom stereocenters. The zero-order chi connectivity index (χ0) is 14.1. The van der Waals surface area contributed by atoms with Gasteiger partial charge in [-0.1, -0.05) is 19.4 Å². The zero-order valence-corrected chi connectivity index (χ0v) is 11.6. The Labute approximate surface area is 115 Å². The molecule has 4 heteroatoms. The van der Waals surface area contributed by atoms with E-state index in [1.165, 1.54) is 0 Å². The smallest absolute Gasteiger partial charge is 0.0992 e. The average Bonchev–Trinajstić information content (AvgIpc) is 2.43. The number of aliphatic hydroxyl groups is 1. The summed E-state index contributed by atoms with van der Waals surface area (Å²) in [6.07, 6.45) is 1.57. The van der Waals surface area contributed by atoms with E-state index in [0.717, 1.165) is 24.1 Å². The molecule has 0 amide bonds. The second-order valence-corrected chi connectivity index (χ2v) is 4.60. The number of unbranched alkanes of at least 4 members (excludes halogenated alkanes) is 1. The van der Waals surface area contributed by atoms with Crippen molar-refractivity contribution >= 4 is 5.69 Å². The quantitative estimate of drug-likeness (QED) is 0.706. The molecule has 0 heterocycles. The molecule has 0 saturated carbocycles. The van der Waals surface area contributed by atoms with Crippen LogP contribution in [0.5, 0.6) is 0 Å². The number of aliphatic hydroxyl groups excluding tert-OH is 1. The highest BCUT2D eigenvalue weighted by molar-refractivity contribution is 5.55. The van der Waals surface area contributed by atoms with Crippen molar-refractivity contribution in [1.82, 2.24) is 0 Å². The SMILES string of the molecule is CCCCOCC(O)CNc1cc(C#N)ccc1C. The summed E-state index contributed by atoms with van der Waals surface area (Å²) in [6, 6.07) is 7.57. The van der Waals surface area contributed by atoms with E-state index in [4.69, 9.17) is 10.00 Å². The molecule has 0 spiro atoms. The number of benzene rings is 1. The third-order valence-corrected chi connectivity index (χ3v) is 2.85. The third kappa shape index (κ3) is 5.73. The number of anilines is 1. The van der Waals surface area contributed by atoms with E-state index in [1.54, 1.807) is 12.1 Å². The first kappa shape index (κ1) is 15.5. The van der Waals surface area contributed by atoms with Gasteiger partial charge in [0.15, 0.2) is 0 Å². The van der Waals surface area contributed by atoms with Crippen molar-refractivity contribution in [2.24, 2.45) is 0 Å². The van der Waals surface area contributed by atoms with Gasteiger partial charge in [-0.25, -0.2) is 0 Å². The minimum absolute atomic E-state index is 0.337. The minimum Gasteiger partial charge on any atom is -0.389 e. The van der Waals surface area contributed by atoms with Gasteiger partial charge in [0.25, 0.3) is 0 Å². The number of nitriles is 1. The number of rotatable bonds is 8. The molecule has 0 bridgehead atoms. The van der Waals surface area contributed by atoms with E-state index < -0.39 is 6.10 Å². The van der Waals surface area contributed by atoms with Crippen LogP contribution in [0.4, 0.5) is 5.69 Å². The predicted octanol–water partition coefficient (Wildman–Crippen LogP) is 2.46. The molecule has 0 aliphatic heterocycles. The minimum atomic E-state index is -0.540. The highest BCUT2D eigenvalue weighted by Gasteiger charge is 2.06. The van der Waals surface area contributed by atoms with Gasteiger partial charge in [0.2, 0.25) is 0 Å². The summed E-state index contributed by atoms with van der Waals surface area (Å²) in [7, 11) is 0. The Morgan fingerprint density at radius 3 is 2.95 bits per heavy atom. The Hall–Kier alpha value is -1.57. The summed E-state index contributed by atoms with van der Waals surface area (Å²) >= 11 is 0. The first-order chi connectivity index (χ1) is 9.17. The van der Waals surface area contributed by atoms with Crippen LogP contribution in [0.3, 0.4) is 0 Å². The van der Waals surface area contributed by atoms with Crippen molar-refractivity contribution in [3.05, 3.63) is 29.3 Å². The maximum absolute atomic E-state index is 9.77. The predicted molar refractivity (Wildman–Crippen MR) is 76.1 cm³/mol. The van der Waals surface area contributed by atoms with Crippen LogP contribution in [-0.4, -0.2) is 31.0 Å². The monoisotopic (exact) mass is 262 g/mol. The molecule has 0 fully saturated rings. The molecule has 2 N–H and O–H groups in total. The van der Waals surface area contributed by atoms with Crippen LogP contribution >= 0.6 is 0 Å².